The lowest BCUT2D eigenvalue weighted by molar-refractivity contribution is -0.143. The van der Waals surface area contributed by atoms with Gasteiger partial charge in [-0.1, -0.05) is 15.9 Å². The average Bonchev–Trinajstić information content (AvgIpc) is 2.21. The number of benzene rings is 1. The fourth-order valence-corrected chi connectivity index (χ4v) is 1.34. The molecule has 0 bridgehead atoms. The predicted octanol–water partition coefficient (Wildman–Crippen LogP) is 1.63. The fraction of sp³-hybridized carbons (Fsp3) is 0.200. The molecule has 1 amide bonds. The summed E-state index contributed by atoms with van der Waals surface area (Å²) in [5, 5.41) is 10.5. The number of nitrogens with one attached hydrogen (secondary N) is 1. The van der Waals surface area contributed by atoms with Crippen LogP contribution in [0, 0.1) is 5.82 Å². The van der Waals surface area contributed by atoms with Crippen LogP contribution < -0.4 is 5.32 Å². The van der Waals surface area contributed by atoms with E-state index in [-0.39, 0.29) is 5.69 Å². The van der Waals surface area contributed by atoms with E-state index in [0.717, 1.165) is 0 Å². The minimum atomic E-state index is -1.17. The third kappa shape index (κ3) is 4.92. The van der Waals surface area contributed by atoms with Crippen LogP contribution in [0.25, 0.3) is 0 Å². The van der Waals surface area contributed by atoms with Crippen molar-refractivity contribution in [2.75, 3.05) is 18.5 Å². The minimum absolute atomic E-state index is 0.0112. The highest BCUT2D eigenvalue weighted by atomic mass is 79.9. The van der Waals surface area contributed by atoms with Crippen molar-refractivity contribution >= 4 is 33.5 Å². The van der Waals surface area contributed by atoms with Gasteiger partial charge in [-0.25, -0.2) is 9.18 Å². The minimum Gasteiger partial charge on any atom is -0.480 e. The predicted molar refractivity (Wildman–Crippen MR) is 61.2 cm³/mol. The second-order valence-corrected chi connectivity index (χ2v) is 3.97. The highest BCUT2D eigenvalue weighted by Gasteiger charge is 2.08. The van der Waals surface area contributed by atoms with Crippen molar-refractivity contribution in [2.24, 2.45) is 0 Å². The first-order valence-electron chi connectivity index (χ1n) is 4.53. The topological polar surface area (TPSA) is 75.6 Å². The number of carbonyl (C=O) groups is 2. The highest BCUT2D eigenvalue weighted by Crippen LogP contribution is 2.19. The van der Waals surface area contributed by atoms with Gasteiger partial charge in [0.05, 0.1) is 5.69 Å². The van der Waals surface area contributed by atoms with Crippen LogP contribution in [0.5, 0.6) is 0 Å². The van der Waals surface area contributed by atoms with Crippen LogP contribution in [0.1, 0.15) is 0 Å². The maximum atomic E-state index is 13.3. The number of hydrogen-bond donors (Lipinski definition) is 2. The third-order valence-corrected chi connectivity index (χ3v) is 2.16. The van der Waals surface area contributed by atoms with Crippen LogP contribution in [0.3, 0.4) is 0 Å². The van der Waals surface area contributed by atoms with Gasteiger partial charge in [-0.05, 0) is 18.2 Å². The van der Waals surface area contributed by atoms with Crippen LogP contribution in [-0.2, 0) is 14.3 Å². The third-order valence-electron chi connectivity index (χ3n) is 1.66. The lowest BCUT2D eigenvalue weighted by atomic mass is 10.3. The molecular weight excluding hydrogens is 297 g/mol. The number of carboxylic acid groups (broad SMARTS) is 1. The molecule has 0 aliphatic rings. The maximum Gasteiger partial charge on any atom is 0.329 e. The number of aliphatic carboxylic acids is 1. The van der Waals surface area contributed by atoms with Gasteiger partial charge in [0.2, 0.25) is 5.91 Å². The van der Waals surface area contributed by atoms with Crippen molar-refractivity contribution in [2.45, 2.75) is 0 Å². The van der Waals surface area contributed by atoms with Gasteiger partial charge in [-0.2, -0.15) is 0 Å². The molecule has 0 saturated carbocycles. The second kappa shape index (κ2) is 6.31. The second-order valence-electron chi connectivity index (χ2n) is 3.06. The zero-order valence-electron chi connectivity index (χ0n) is 8.57. The Bertz CT molecular complexity index is 438. The lowest BCUT2D eigenvalue weighted by Gasteiger charge is -2.06. The quantitative estimate of drug-likeness (QED) is 0.867. The Morgan fingerprint density at radius 2 is 2.12 bits per heavy atom. The molecule has 0 aromatic heterocycles. The fourth-order valence-electron chi connectivity index (χ4n) is 1.01. The molecule has 0 aliphatic heterocycles. The maximum absolute atomic E-state index is 13.3. The molecule has 0 spiro atoms. The molecule has 0 fully saturated rings. The Morgan fingerprint density at radius 1 is 1.41 bits per heavy atom. The first-order chi connectivity index (χ1) is 7.99. The Morgan fingerprint density at radius 3 is 2.71 bits per heavy atom. The van der Waals surface area contributed by atoms with Gasteiger partial charge in [-0.3, -0.25) is 4.79 Å². The molecule has 0 unspecified atom stereocenters. The summed E-state index contributed by atoms with van der Waals surface area (Å²) in [6.07, 6.45) is 0. The number of rotatable bonds is 5. The molecule has 0 aliphatic carbocycles. The number of carbonyl (C=O) groups excluding carboxylic acids is 1. The van der Waals surface area contributed by atoms with E-state index in [4.69, 9.17) is 5.11 Å². The van der Waals surface area contributed by atoms with Gasteiger partial charge in [0.15, 0.2) is 0 Å². The van der Waals surface area contributed by atoms with E-state index >= 15 is 0 Å². The average molecular weight is 306 g/mol. The smallest absolute Gasteiger partial charge is 0.329 e. The molecule has 0 heterocycles. The molecule has 17 heavy (non-hydrogen) atoms. The van der Waals surface area contributed by atoms with Crippen molar-refractivity contribution in [1.29, 1.82) is 0 Å². The molecule has 0 radical (unpaired) electrons. The van der Waals surface area contributed by atoms with E-state index in [2.05, 4.69) is 26.0 Å². The molecule has 5 nitrogen and oxygen atoms in total. The SMILES string of the molecule is O=C(O)COCC(=O)Nc1ccc(Br)cc1F. The summed E-state index contributed by atoms with van der Waals surface area (Å²) in [6, 6.07) is 4.15. The zero-order valence-corrected chi connectivity index (χ0v) is 10.2. The number of halogens is 2. The van der Waals surface area contributed by atoms with Gasteiger partial charge in [0, 0.05) is 4.47 Å². The molecule has 1 rings (SSSR count). The molecule has 7 heteroatoms. The monoisotopic (exact) mass is 305 g/mol. The van der Waals surface area contributed by atoms with Crippen LogP contribution in [-0.4, -0.2) is 30.2 Å². The molecule has 2 N–H and O–H groups in total. The highest BCUT2D eigenvalue weighted by molar-refractivity contribution is 9.10. The van der Waals surface area contributed by atoms with Crippen molar-refractivity contribution in [3.63, 3.8) is 0 Å². The van der Waals surface area contributed by atoms with Crippen molar-refractivity contribution in [3.05, 3.63) is 28.5 Å². The van der Waals surface area contributed by atoms with E-state index in [1.807, 2.05) is 0 Å². The van der Waals surface area contributed by atoms with E-state index in [9.17, 15) is 14.0 Å². The largest absolute Gasteiger partial charge is 0.480 e. The van der Waals surface area contributed by atoms with Crippen LogP contribution in [0.15, 0.2) is 22.7 Å². The first-order valence-corrected chi connectivity index (χ1v) is 5.33. The molecular formula is C10H9BrFNO4. The van der Waals surface area contributed by atoms with Gasteiger partial charge in [-0.15, -0.1) is 0 Å². The number of hydrogen-bond acceptors (Lipinski definition) is 3. The normalized spacial score (nSPS) is 10.0. The van der Waals surface area contributed by atoms with Crippen molar-refractivity contribution in [1.82, 2.24) is 0 Å². The number of carboxylic acids is 1. The molecule has 1 aromatic carbocycles. The summed E-state index contributed by atoms with van der Waals surface area (Å²) in [6.45, 7) is -1.02. The summed E-state index contributed by atoms with van der Waals surface area (Å²) in [5.41, 5.74) is 0.0112. The summed E-state index contributed by atoms with van der Waals surface area (Å²) in [4.78, 5) is 21.3. The van der Waals surface area contributed by atoms with Gasteiger partial charge >= 0.3 is 5.97 Å². The van der Waals surface area contributed by atoms with Crippen LogP contribution >= 0.6 is 15.9 Å². The van der Waals surface area contributed by atoms with Crippen molar-refractivity contribution in [3.8, 4) is 0 Å². The van der Waals surface area contributed by atoms with Crippen LogP contribution in [0.4, 0.5) is 10.1 Å². The summed E-state index contributed by atoms with van der Waals surface area (Å²) >= 11 is 3.08. The van der Waals surface area contributed by atoms with E-state index < -0.39 is 30.9 Å². The number of ether oxygens (including phenoxy) is 1. The van der Waals surface area contributed by atoms with E-state index in [0.29, 0.717) is 4.47 Å². The Hall–Kier alpha value is -1.47. The summed E-state index contributed by atoms with van der Waals surface area (Å²) < 4.78 is 18.4. The summed E-state index contributed by atoms with van der Waals surface area (Å²) in [5.74, 6) is -2.38. The van der Waals surface area contributed by atoms with Crippen molar-refractivity contribution < 1.29 is 23.8 Å². The molecule has 1 aromatic rings. The Kier molecular flexibility index (Phi) is 5.05. The number of amides is 1. The zero-order chi connectivity index (χ0) is 12.8. The number of anilines is 1. The van der Waals surface area contributed by atoms with E-state index in [1.54, 1.807) is 6.07 Å². The lowest BCUT2D eigenvalue weighted by Crippen LogP contribution is -2.21. The first kappa shape index (κ1) is 13.6. The Labute approximate surface area is 105 Å². The van der Waals surface area contributed by atoms with Gasteiger partial charge in [0.1, 0.15) is 19.0 Å². The van der Waals surface area contributed by atoms with Crippen LogP contribution in [0.2, 0.25) is 0 Å². The molecule has 92 valence electrons. The summed E-state index contributed by atoms with van der Waals surface area (Å²) in [7, 11) is 0. The standard InChI is InChI=1S/C10H9BrFNO4/c11-6-1-2-8(7(12)3-6)13-9(14)4-17-5-10(15)16/h1-3H,4-5H2,(H,13,14)(H,15,16). The van der Waals surface area contributed by atoms with E-state index in [1.165, 1.54) is 12.1 Å². The van der Waals surface area contributed by atoms with Gasteiger partial charge in [0.25, 0.3) is 0 Å². The molecule has 0 atom stereocenters. The molecule has 0 saturated heterocycles. The Balaban J connectivity index is 2.48. The van der Waals surface area contributed by atoms with Gasteiger partial charge < -0.3 is 15.2 Å².